The summed E-state index contributed by atoms with van der Waals surface area (Å²) in [5.74, 6) is 0.0756. The molecule has 9 heteroatoms. The molecular weight excluding hydrogens is 382 g/mol. The van der Waals surface area contributed by atoms with Gasteiger partial charge in [0.1, 0.15) is 18.4 Å². The molecule has 2 fully saturated rings. The van der Waals surface area contributed by atoms with Crippen LogP contribution in [0.25, 0.3) is 10.2 Å². The van der Waals surface area contributed by atoms with E-state index in [1.807, 2.05) is 18.2 Å². The van der Waals surface area contributed by atoms with Crippen molar-refractivity contribution in [2.24, 2.45) is 0 Å². The Morgan fingerprint density at radius 1 is 1.21 bits per heavy atom. The predicted octanol–water partition coefficient (Wildman–Crippen LogP) is 1.82. The Kier molecular flexibility index (Phi) is 5.17. The van der Waals surface area contributed by atoms with Gasteiger partial charge in [-0.1, -0.05) is 11.3 Å². The molecule has 0 unspecified atom stereocenters. The first-order valence-electron chi connectivity index (χ1n) is 9.25. The number of hydrogen-bond donors (Lipinski definition) is 0. The van der Waals surface area contributed by atoms with Crippen LogP contribution in [0.2, 0.25) is 0 Å². The molecule has 0 atom stereocenters. The number of amides is 3. The van der Waals surface area contributed by atoms with E-state index in [4.69, 9.17) is 9.47 Å². The number of aromatic nitrogens is 1. The molecule has 2 saturated heterocycles. The van der Waals surface area contributed by atoms with E-state index in [-0.39, 0.29) is 43.2 Å². The number of nitrogens with zero attached hydrogens (tertiary/aromatic N) is 3. The van der Waals surface area contributed by atoms with Crippen LogP contribution in [-0.4, -0.2) is 65.4 Å². The van der Waals surface area contributed by atoms with Gasteiger partial charge in [-0.3, -0.25) is 19.3 Å². The second-order valence-electron chi connectivity index (χ2n) is 6.89. The van der Waals surface area contributed by atoms with Crippen LogP contribution >= 0.6 is 11.3 Å². The summed E-state index contributed by atoms with van der Waals surface area (Å²) in [6.07, 6.45) is 1.77. The number of carbonyl (C=O) groups excluding carboxylic acids is 3. The quantitative estimate of drug-likeness (QED) is 0.708. The van der Waals surface area contributed by atoms with Gasteiger partial charge in [0, 0.05) is 38.8 Å². The fourth-order valence-electron chi connectivity index (χ4n) is 3.46. The van der Waals surface area contributed by atoms with E-state index in [2.05, 4.69) is 4.98 Å². The summed E-state index contributed by atoms with van der Waals surface area (Å²) in [6.45, 7) is 0.930. The number of thiazole rings is 1. The number of rotatable bonds is 5. The summed E-state index contributed by atoms with van der Waals surface area (Å²) in [6, 6.07) is 5.70. The van der Waals surface area contributed by atoms with Crippen molar-refractivity contribution in [2.45, 2.75) is 31.8 Å². The highest BCUT2D eigenvalue weighted by Crippen LogP contribution is 2.32. The van der Waals surface area contributed by atoms with Crippen LogP contribution in [0, 0.1) is 0 Å². The number of methoxy groups -OCH3 is 1. The molecule has 0 bridgehead atoms. The van der Waals surface area contributed by atoms with Crippen LogP contribution in [0.4, 0.5) is 0 Å². The Morgan fingerprint density at radius 3 is 2.61 bits per heavy atom. The highest BCUT2D eigenvalue weighted by molar-refractivity contribution is 7.20. The first-order chi connectivity index (χ1) is 13.5. The van der Waals surface area contributed by atoms with Gasteiger partial charge < -0.3 is 14.4 Å². The van der Waals surface area contributed by atoms with Crippen molar-refractivity contribution in [1.82, 2.24) is 14.8 Å². The van der Waals surface area contributed by atoms with Crippen LogP contribution < -0.4 is 9.47 Å². The number of likely N-dealkylation sites (tertiary alicyclic amines) is 2. The molecule has 28 heavy (non-hydrogen) atoms. The molecule has 3 heterocycles. The van der Waals surface area contributed by atoms with Crippen molar-refractivity contribution in [3.05, 3.63) is 18.2 Å². The lowest BCUT2D eigenvalue weighted by Crippen LogP contribution is -2.47. The first kappa shape index (κ1) is 18.7. The second kappa shape index (κ2) is 7.75. The fourth-order valence-corrected chi connectivity index (χ4v) is 4.37. The monoisotopic (exact) mass is 403 g/mol. The summed E-state index contributed by atoms with van der Waals surface area (Å²) in [5, 5.41) is 0.612. The highest BCUT2D eigenvalue weighted by Gasteiger charge is 2.33. The SMILES string of the molecule is COc1ccc2nc(OC3CCN(C(=O)CN4C(=O)CCC4=O)CC3)sc2c1. The minimum Gasteiger partial charge on any atom is -0.497 e. The number of ether oxygens (including phenoxy) is 2. The van der Waals surface area contributed by atoms with Gasteiger partial charge in [0.2, 0.25) is 17.7 Å². The molecule has 0 radical (unpaired) electrons. The molecule has 0 saturated carbocycles. The van der Waals surface area contributed by atoms with Crippen molar-refractivity contribution in [1.29, 1.82) is 0 Å². The molecule has 2 aliphatic rings. The molecule has 2 aromatic rings. The number of fused-ring (bicyclic) bond motifs is 1. The zero-order valence-electron chi connectivity index (χ0n) is 15.6. The summed E-state index contributed by atoms with van der Waals surface area (Å²) in [4.78, 5) is 43.0. The number of hydrogen-bond acceptors (Lipinski definition) is 7. The fraction of sp³-hybridized carbons (Fsp3) is 0.474. The maximum Gasteiger partial charge on any atom is 0.274 e. The van der Waals surface area contributed by atoms with Gasteiger partial charge in [-0.15, -0.1) is 0 Å². The predicted molar refractivity (Wildman–Crippen MR) is 102 cm³/mol. The first-order valence-corrected chi connectivity index (χ1v) is 10.1. The second-order valence-corrected chi connectivity index (χ2v) is 7.88. The zero-order valence-corrected chi connectivity index (χ0v) is 16.4. The van der Waals surface area contributed by atoms with Crippen LogP contribution in [0.5, 0.6) is 10.9 Å². The number of benzene rings is 1. The smallest absolute Gasteiger partial charge is 0.274 e. The van der Waals surface area contributed by atoms with Crippen LogP contribution in [-0.2, 0) is 14.4 Å². The van der Waals surface area contributed by atoms with Gasteiger partial charge in [0.05, 0.1) is 17.3 Å². The lowest BCUT2D eigenvalue weighted by Gasteiger charge is -2.32. The van der Waals surface area contributed by atoms with Gasteiger partial charge in [0.15, 0.2) is 0 Å². The Bertz CT molecular complexity index is 903. The third-order valence-electron chi connectivity index (χ3n) is 5.09. The molecule has 3 amide bonds. The van der Waals surface area contributed by atoms with Crippen LogP contribution in [0.15, 0.2) is 18.2 Å². The van der Waals surface area contributed by atoms with E-state index in [9.17, 15) is 14.4 Å². The van der Waals surface area contributed by atoms with E-state index in [0.29, 0.717) is 31.1 Å². The van der Waals surface area contributed by atoms with Crippen molar-refractivity contribution < 1.29 is 23.9 Å². The molecular formula is C19H21N3O5S. The molecule has 1 aromatic carbocycles. The van der Waals surface area contributed by atoms with Gasteiger partial charge >= 0.3 is 0 Å². The molecule has 2 aliphatic heterocycles. The Balaban J connectivity index is 1.31. The van der Waals surface area contributed by atoms with E-state index in [1.54, 1.807) is 12.0 Å². The number of piperidine rings is 1. The summed E-state index contributed by atoms with van der Waals surface area (Å²) < 4.78 is 12.3. The standard InChI is InChI=1S/C19H21N3O5S/c1-26-13-2-3-14-15(10-13)28-19(20-14)27-12-6-8-21(9-7-12)18(25)11-22-16(23)4-5-17(22)24/h2-3,10,12H,4-9,11H2,1H3. The molecule has 0 N–H and O–H groups in total. The number of imide groups is 1. The van der Waals surface area contributed by atoms with E-state index in [0.717, 1.165) is 20.9 Å². The summed E-state index contributed by atoms with van der Waals surface area (Å²) in [5.41, 5.74) is 0.869. The van der Waals surface area contributed by atoms with Crippen molar-refractivity contribution >= 4 is 39.3 Å². The molecule has 8 nitrogen and oxygen atoms in total. The lowest BCUT2D eigenvalue weighted by atomic mass is 10.1. The van der Waals surface area contributed by atoms with Gasteiger partial charge in [-0.25, -0.2) is 4.98 Å². The van der Waals surface area contributed by atoms with Crippen molar-refractivity contribution in [3.63, 3.8) is 0 Å². The van der Waals surface area contributed by atoms with Crippen LogP contribution in [0.1, 0.15) is 25.7 Å². The third-order valence-corrected chi connectivity index (χ3v) is 6.00. The summed E-state index contributed by atoms with van der Waals surface area (Å²) in [7, 11) is 1.63. The zero-order chi connectivity index (χ0) is 19.7. The Morgan fingerprint density at radius 2 is 1.93 bits per heavy atom. The van der Waals surface area contributed by atoms with E-state index in [1.165, 1.54) is 11.3 Å². The molecule has 4 rings (SSSR count). The maximum atomic E-state index is 12.4. The normalized spacial score (nSPS) is 18.2. The third kappa shape index (κ3) is 3.80. The summed E-state index contributed by atoms with van der Waals surface area (Å²) >= 11 is 1.47. The Labute approximate surface area is 166 Å². The number of carbonyl (C=O) groups is 3. The average molecular weight is 403 g/mol. The molecule has 148 valence electrons. The molecule has 0 spiro atoms. The average Bonchev–Trinajstić information content (AvgIpc) is 3.25. The molecule has 1 aromatic heterocycles. The minimum absolute atomic E-state index is 0.0124. The topological polar surface area (TPSA) is 89.0 Å². The minimum atomic E-state index is -0.260. The van der Waals surface area contributed by atoms with Gasteiger partial charge in [0.25, 0.3) is 5.19 Å². The van der Waals surface area contributed by atoms with Crippen molar-refractivity contribution in [2.75, 3.05) is 26.7 Å². The lowest BCUT2D eigenvalue weighted by molar-refractivity contribution is -0.146. The van der Waals surface area contributed by atoms with Crippen molar-refractivity contribution in [3.8, 4) is 10.9 Å². The van der Waals surface area contributed by atoms with Crippen LogP contribution in [0.3, 0.4) is 0 Å². The molecule has 0 aliphatic carbocycles. The maximum absolute atomic E-state index is 12.4. The highest BCUT2D eigenvalue weighted by atomic mass is 32.1. The van der Waals surface area contributed by atoms with Gasteiger partial charge in [-0.2, -0.15) is 0 Å². The van der Waals surface area contributed by atoms with E-state index < -0.39 is 0 Å². The largest absolute Gasteiger partial charge is 0.497 e. The Hall–Kier alpha value is -2.68. The van der Waals surface area contributed by atoms with E-state index >= 15 is 0 Å². The van der Waals surface area contributed by atoms with Gasteiger partial charge in [-0.05, 0) is 18.2 Å².